The minimum atomic E-state index is -4.67. The second-order valence-electron chi connectivity index (χ2n) is 4.47. The van der Waals surface area contributed by atoms with Crippen molar-refractivity contribution < 1.29 is 17.7 Å². The van der Waals surface area contributed by atoms with Crippen LogP contribution in [0.2, 0.25) is 0 Å². The molecule has 3 rings (SSSR count). The van der Waals surface area contributed by atoms with Crippen LogP contribution in [-0.2, 0) is 12.7 Å². The van der Waals surface area contributed by atoms with E-state index in [1.54, 1.807) is 24.3 Å². The van der Waals surface area contributed by atoms with Crippen LogP contribution in [0.5, 0.6) is 0 Å². The normalized spacial score (nSPS) is 11.4. The highest BCUT2D eigenvalue weighted by atomic mass is 19.4. The molecule has 2 heterocycles. The lowest BCUT2D eigenvalue weighted by atomic mass is 10.1. The first-order valence-corrected chi connectivity index (χ1v) is 6.25. The van der Waals surface area contributed by atoms with Crippen molar-refractivity contribution in [1.82, 2.24) is 24.9 Å². The third kappa shape index (κ3) is 3.03. The fraction of sp³-hybridized carbons (Fsp3) is 0.154. The molecule has 0 aliphatic rings. The van der Waals surface area contributed by atoms with Crippen LogP contribution in [0.15, 0.2) is 35.1 Å². The summed E-state index contributed by atoms with van der Waals surface area (Å²) in [6.45, 7) is 0.309. The summed E-state index contributed by atoms with van der Waals surface area (Å²) in [4.78, 5) is 7.08. The van der Waals surface area contributed by atoms with Crippen molar-refractivity contribution in [2.45, 2.75) is 12.7 Å². The topological polar surface area (TPSA) is 93.4 Å². The third-order valence-corrected chi connectivity index (χ3v) is 2.93. The first-order valence-electron chi connectivity index (χ1n) is 6.25. The molecule has 0 spiro atoms. The van der Waals surface area contributed by atoms with Gasteiger partial charge < -0.3 is 4.52 Å². The Balaban J connectivity index is 1.80. The third-order valence-electron chi connectivity index (χ3n) is 2.93. The van der Waals surface area contributed by atoms with E-state index < -0.39 is 12.1 Å². The van der Waals surface area contributed by atoms with E-state index in [1.165, 1.54) is 11.0 Å². The van der Waals surface area contributed by atoms with E-state index in [9.17, 15) is 13.2 Å². The highest BCUT2D eigenvalue weighted by Crippen LogP contribution is 2.29. The Morgan fingerprint density at radius 2 is 1.96 bits per heavy atom. The molecule has 2 aromatic heterocycles. The molecule has 0 unspecified atom stereocenters. The molecule has 23 heavy (non-hydrogen) atoms. The molecule has 0 N–H and O–H groups in total. The maximum absolute atomic E-state index is 12.4. The molecule has 10 heteroatoms. The van der Waals surface area contributed by atoms with Crippen molar-refractivity contribution in [3.63, 3.8) is 0 Å². The average molecular weight is 320 g/mol. The summed E-state index contributed by atoms with van der Waals surface area (Å²) >= 11 is 0. The summed E-state index contributed by atoms with van der Waals surface area (Å²) in [6.07, 6.45) is -3.41. The minimum Gasteiger partial charge on any atom is -0.329 e. The van der Waals surface area contributed by atoms with E-state index >= 15 is 0 Å². The van der Waals surface area contributed by atoms with E-state index in [0.717, 1.165) is 5.56 Å². The molecular formula is C13H7F3N6O. The van der Waals surface area contributed by atoms with Crippen molar-refractivity contribution in [2.24, 2.45) is 0 Å². The zero-order valence-electron chi connectivity index (χ0n) is 11.3. The van der Waals surface area contributed by atoms with E-state index in [-0.39, 0.29) is 11.6 Å². The summed E-state index contributed by atoms with van der Waals surface area (Å²) in [5.74, 6) is -1.37. The lowest BCUT2D eigenvalue weighted by Crippen LogP contribution is -2.05. The number of alkyl halides is 3. The van der Waals surface area contributed by atoms with Crippen LogP contribution in [0.25, 0.3) is 11.4 Å². The first kappa shape index (κ1) is 14.7. The molecule has 3 aromatic rings. The summed E-state index contributed by atoms with van der Waals surface area (Å²) in [5.41, 5.74) is 1.17. The quantitative estimate of drug-likeness (QED) is 0.735. The van der Waals surface area contributed by atoms with Gasteiger partial charge in [0.1, 0.15) is 12.4 Å². The van der Waals surface area contributed by atoms with Gasteiger partial charge in [-0.2, -0.15) is 28.5 Å². The molecule has 0 aliphatic heterocycles. The molecule has 1 aromatic carbocycles. The molecule has 116 valence electrons. The van der Waals surface area contributed by atoms with Gasteiger partial charge in [0.15, 0.2) is 0 Å². The average Bonchev–Trinajstić information content (AvgIpc) is 3.16. The molecule has 0 amide bonds. The van der Waals surface area contributed by atoms with Crippen molar-refractivity contribution in [1.29, 1.82) is 5.26 Å². The van der Waals surface area contributed by atoms with Crippen molar-refractivity contribution in [3.8, 4) is 17.5 Å². The van der Waals surface area contributed by atoms with Gasteiger partial charge in [-0.25, -0.2) is 9.67 Å². The van der Waals surface area contributed by atoms with Crippen LogP contribution in [-0.4, -0.2) is 24.9 Å². The zero-order chi connectivity index (χ0) is 16.4. The van der Waals surface area contributed by atoms with Crippen molar-refractivity contribution in [2.75, 3.05) is 0 Å². The van der Waals surface area contributed by atoms with E-state index in [2.05, 4.69) is 24.7 Å². The smallest absolute Gasteiger partial charge is 0.329 e. The summed E-state index contributed by atoms with van der Waals surface area (Å²) in [5, 5.41) is 16.1. The van der Waals surface area contributed by atoms with Gasteiger partial charge in [0.25, 0.3) is 0 Å². The van der Waals surface area contributed by atoms with Gasteiger partial charge in [0, 0.05) is 5.56 Å². The lowest BCUT2D eigenvalue weighted by molar-refractivity contribution is -0.159. The van der Waals surface area contributed by atoms with Crippen LogP contribution < -0.4 is 0 Å². The number of hydrogen-bond acceptors (Lipinski definition) is 6. The largest absolute Gasteiger partial charge is 0.471 e. The Kier molecular flexibility index (Phi) is 3.53. The predicted octanol–water partition coefficient (Wildman–Crippen LogP) is 2.27. The maximum Gasteiger partial charge on any atom is 0.471 e. The standard InChI is InChI=1S/C13H7F3N6O/c14-13(15,16)12-20-11(21-23-12)9-3-1-8(2-4-9)6-22-10(5-17)18-7-19-22/h1-4,7H,6H2. The van der Waals surface area contributed by atoms with Crippen LogP contribution >= 0.6 is 0 Å². The van der Waals surface area contributed by atoms with Gasteiger partial charge in [0.05, 0.1) is 6.54 Å². The summed E-state index contributed by atoms with van der Waals surface area (Å²) in [7, 11) is 0. The number of halogens is 3. The second-order valence-corrected chi connectivity index (χ2v) is 4.47. The van der Waals surface area contributed by atoms with Crippen LogP contribution in [0.1, 0.15) is 17.3 Å². The van der Waals surface area contributed by atoms with Gasteiger partial charge in [-0.05, 0) is 5.56 Å². The molecule has 0 fully saturated rings. The van der Waals surface area contributed by atoms with Gasteiger partial charge >= 0.3 is 12.1 Å². The Morgan fingerprint density at radius 3 is 2.57 bits per heavy atom. The highest BCUT2D eigenvalue weighted by Gasteiger charge is 2.38. The SMILES string of the molecule is N#Cc1ncnn1Cc1ccc(-c2noc(C(F)(F)F)n2)cc1. The summed E-state index contributed by atoms with van der Waals surface area (Å²) < 4.78 is 42.9. The van der Waals surface area contributed by atoms with E-state index in [1.807, 2.05) is 6.07 Å². The lowest BCUT2D eigenvalue weighted by Gasteiger charge is -2.03. The number of rotatable bonds is 3. The number of nitrogens with zero attached hydrogens (tertiary/aromatic N) is 6. The number of nitriles is 1. The van der Waals surface area contributed by atoms with Gasteiger partial charge in [-0.15, -0.1) is 0 Å². The van der Waals surface area contributed by atoms with Gasteiger partial charge in [-0.3, -0.25) is 0 Å². The molecule has 0 atom stereocenters. The molecule has 0 saturated heterocycles. The Labute approximate surface area is 127 Å². The fourth-order valence-corrected chi connectivity index (χ4v) is 1.85. The highest BCUT2D eigenvalue weighted by molar-refractivity contribution is 5.54. The minimum absolute atomic E-state index is 0.151. The van der Waals surface area contributed by atoms with E-state index in [4.69, 9.17) is 5.26 Å². The second kappa shape index (κ2) is 5.53. The van der Waals surface area contributed by atoms with Crippen molar-refractivity contribution in [3.05, 3.63) is 47.9 Å². The molecular weight excluding hydrogens is 313 g/mol. The number of aromatic nitrogens is 5. The van der Waals surface area contributed by atoms with Crippen molar-refractivity contribution >= 4 is 0 Å². The first-order chi connectivity index (χ1) is 11.0. The molecule has 0 saturated carbocycles. The monoisotopic (exact) mass is 320 g/mol. The molecule has 0 aliphatic carbocycles. The number of benzene rings is 1. The Hall–Kier alpha value is -3.22. The zero-order valence-corrected chi connectivity index (χ0v) is 11.3. The van der Waals surface area contributed by atoms with Gasteiger partial charge in [0.2, 0.25) is 11.6 Å². The number of hydrogen-bond donors (Lipinski definition) is 0. The molecule has 0 bridgehead atoms. The Bertz CT molecular complexity index is 859. The van der Waals surface area contributed by atoms with Crippen LogP contribution in [0.4, 0.5) is 13.2 Å². The maximum atomic E-state index is 12.4. The summed E-state index contributed by atoms with van der Waals surface area (Å²) in [6, 6.07) is 8.35. The molecule has 7 nitrogen and oxygen atoms in total. The molecule has 0 radical (unpaired) electrons. The van der Waals surface area contributed by atoms with Crippen LogP contribution in [0.3, 0.4) is 0 Å². The van der Waals surface area contributed by atoms with E-state index in [0.29, 0.717) is 12.1 Å². The Morgan fingerprint density at radius 1 is 1.22 bits per heavy atom. The fourth-order valence-electron chi connectivity index (χ4n) is 1.85. The predicted molar refractivity (Wildman–Crippen MR) is 68.6 cm³/mol. The van der Waals surface area contributed by atoms with Gasteiger partial charge in [-0.1, -0.05) is 29.4 Å². The van der Waals surface area contributed by atoms with Crippen LogP contribution in [0, 0.1) is 11.3 Å².